The van der Waals surface area contributed by atoms with Crippen LogP contribution in [0.2, 0.25) is 0 Å². The number of primary amides is 1. The molecule has 0 fully saturated rings. The third kappa shape index (κ3) is 14.2. The summed E-state index contributed by atoms with van der Waals surface area (Å²) in [4.78, 5) is 71.6. The van der Waals surface area contributed by atoms with Crippen LogP contribution in [-0.4, -0.2) is 73.1 Å². The topological polar surface area (TPSA) is 189 Å². The Morgan fingerprint density at radius 2 is 1.53 bits per heavy atom. The van der Waals surface area contributed by atoms with Crippen LogP contribution in [0.15, 0.2) is 0 Å². The first-order valence-corrected chi connectivity index (χ1v) is 11.7. The first-order chi connectivity index (χ1) is 16.0. The van der Waals surface area contributed by atoms with Gasteiger partial charge in [0.15, 0.2) is 5.78 Å². The maximum Gasteiger partial charge on any atom is 0.242 e. The molecule has 0 saturated carbocycles. The second-order valence-electron chi connectivity index (χ2n) is 8.10. The monoisotopic (exact) mass is 484 g/mol. The summed E-state index contributed by atoms with van der Waals surface area (Å²) in [6.45, 7) is 7.47. The second kappa shape index (κ2) is 17.5. The van der Waals surface area contributed by atoms with E-state index in [0.717, 1.165) is 6.42 Å². The van der Waals surface area contributed by atoms with E-state index in [9.17, 15) is 28.8 Å². The zero-order valence-corrected chi connectivity index (χ0v) is 20.6. The van der Waals surface area contributed by atoms with Gasteiger partial charge in [-0.1, -0.05) is 13.8 Å². The second-order valence-corrected chi connectivity index (χ2v) is 8.10. The maximum atomic E-state index is 12.4. The van der Waals surface area contributed by atoms with Gasteiger partial charge in [-0.05, 0) is 39.2 Å². The number of nitrogens with one attached hydrogen (secondary N) is 5. The SMILES string of the molecule is CCCNCC(=O)N[C@@H](CCCNC(=O)C[C@H](NC(=O)[C@@H](C)NC(C)=O)C(=O)CCC)C(N)=O. The molecule has 194 valence electrons. The summed E-state index contributed by atoms with van der Waals surface area (Å²) in [7, 11) is 0. The van der Waals surface area contributed by atoms with Gasteiger partial charge in [-0.15, -0.1) is 0 Å². The normalized spacial score (nSPS) is 13.2. The Kier molecular flexibility index (Phi) is 15.9. The molecule has 0 spiro atoms. The molecular weight excluding hydrogens is 444 g/mol. The molecule has 0 saturated heterocycles. The lowest BCUT2D eigenvalue weighted by atomic mass is 10.0. The predicted molar refractivity (Wildman–Crippen MR) is 126 cm³/mol. The van der Waals surface area contributed by atoms with Crippen LogP contribution in [0.5, 0.6) is 0 Å². The first kappa shape index (κ1) is 31.0. The summed E-state index contributed by atoms with van der Waals surface area (Å²) < 4.78 is 0. The fourth-order valence-electron chi connectivity index (χ4n) is 3.03. The molecule has 7 N–H and O–H groups in total. The Labute approximate surface area is 200 Å². The Hall–Kier alpha value is -3.02. The van der Waals surface area contributed by atoms with Crippen LogP contribution < -0.4 is 32.3 Å². The first-order valence-electron chi connectivity index (χ1n) is 11.7. The zero-order valence-electron chi connectivity index (χ0n) is 20.6. The standard InChI is InChI=1S/C22H40N6O6/c1-5-8-18(30)17(28-22(34)14(3)26-15(4)29)12-19(31)25-11-7-9-16(21(23)33)27-20(32)13-24-10-6-2/h14,16-17,24H,5-13H2,1-4H3,(H2,23,33)(H,25,31)(H,26,29)(H,27,32)(H,28,34)/t14-,16+,17+/m1/s1. The van der Waals surface area contributed by atoms with Crippen LogP contribution >= 0.6 is 0 Å². The van der Waals surface area contributed by atoms with Gasteiger partial charge >= 0.3 is 0 Å². The number of carbonyl (C=O) groups is 6. The third-order valence-corrected chi connectivity index (χ3v) is 4.79. The van der Waals surface area contributed by atoms with Crippen molar-refractivity contribution in [3.63, 3.8) is 0 Å². The van der Waals surface area contributed by atoms with Gasteiger partial charge in [-0.3, -0.25) is 28.8 Å². The van der Waals surface area contributed by atoms with Crippen molar-refractivity contribution in [3.05, 3.63) is 0 Å². The van der Waals surface area contributed by atoms with Crippen LogP contribution in [0, 0.1) is 0 Å². The van der Waals surface area contributed by atoms with E-state index in [1.807, 2.05) is 13.8 Å². The quantitative estimate of drug-likeness (QED) is 0.129. The van der Waals surface area contributed by atoms with Crippen molar-refractivity contribution in [2.45, 2.75) is 84.3 Å². The number of nitrogens with two attached hydrogens (primary N) is 1. The van der Waals surface area contributed by atoms with Crippen molar-refractivity contribution in [2.24, 2.45) is 5.73 Å². The Morgan fingerprint density at radius 1 is 0.853 bits per heavy atom. The molecule has 0 rings (SSSR count). The van der Waals surface area contributed by atoms with Crippen LogP contribution in [0.25, 0.3) is 0 Å². The average molecular weight is 485 g/mol. The highest BCUT2D eigenvalue weighted by Gasteiger charge is 2.25. The molecule has 0 unspecified atom stereocenters. The van der Waals surface area contributed by atoms with Gasteiger partial charge in [0.25, 0.3) is 0 Å². The summed E-state index contributed by atoms with van der Waals surface area (Å²) in [5, 5.41) is 13.1. The van der Waals surface area contributed by atoms with Gasteiger partial charge in [0, 0.05) is 19.9 Å². The molecule has 12 heteroatoms. The van der Waals surface area contributed by atoms with Gasteiger partial charge in [0.1, 0.15) is 12.1 Å². The van der Waals surface area contributed by atoms with E-state index >= 15 is 0 Å². The smallest absolute Gasteiger partial charge is 0.242 e. The summed E-state index contributed by atoms with van der Waals surface area (Å²) in [6.07, 6.45) is 1.97. The number of rotatable bonds is 18. The summed E-state index contributed by atoms with van der Waals surface area (Å²) in [6, 6.07) is -2.73. The van der Waals surface area contributed by atoms with Gasteiger partial charge in [0.2, 0.25) is 29.5 Å². The Morgan fingerprint density at radius 3 is 2.09 bits per heavy atom. The molecule has 0 aliphatic rings. The van der Waals surface area contributed by atoms with Crippen molar-refractivity contribution in [1.29, 1.82) is 0 Å². The number of ketones is 1. The van der Waals surface area contributed by atoms with E-state index in [1.54, 1.807) is 0 Å². The highest BCUT2D eigenvalue weighted by atomic mass is 16.2. The lowest BCUT2D eigenvalue weighted by molar-refractivity contribution is -0.132. The summed E-state index contributed by atoms with van der Waals surface area (Å²) in [5.41, 5.74) is 5.35. The van der Waals surface area contributed by atoms with Crippen molar-refractivity contribution in [3.8, 4) is 0 Å². The number of carbonyl (C=O) groups excluding carboxylic acids is 6. The molecule has 0 aliphatic carbocycles. The number of hydrogen-bond acceptors (Lipinski definition) is 7. The molecule has 0 radical (unpaired) electrons. The minimum absolute atomic E-state index is 0.0772. The Balaban J connectivity index is 4.66. The van der Waals surface area contributed by atoms with E-state index in [2.05, 4.69) is 26.6 Å². The van der Waals surface area contributed by atoms with Crippen molar-refractivity contribution < 1.29 is 28.8 Å². The summed E-state index contributed by atoms with van der Waals surface area (Å²) >= 11 is 0. The van der Waals surface area contributed by atoms with Gasteiger partial charge < -0.3 is 32.3 Å². The fourth-order valence-corrected chi connectivity index (χ4v) is 3.03. The lowest BCUT2D eigenvalue weighted by Crippen LogP contribution is -2.51. The molecule has 0 aromatic rings. The van der Waals surface area contributed by atoms with E-state index in [0.29, 0.717) is 19.4 Å². The van der Waals surface area contributed by atoms with E-state index in [-0.39, 0.29) is 49.9 Å². The number of amides is 5. The number of Topliss-reactive ketones (excluding diaryl/α,β-unsaturated/α-hetero) is 1. The molecule has 0 aromatic heterocycles. The number of hydrogen-bond donors (Lipinski definition) is 6. The molecule has 0 aromatic carbocycles. The van der Waals surface area contributed by atoms with Crippen molar-refractivity contribution in [2.75, 3.05) is 19.6 Å². The molecule has 3 atom stereocenters. The van der Waals surface area contributed by atoms with Crippen LogP contribution in [0.1, 0.15) is 66.2 Å². The van der Waals surface area contributed by atoms with Gasteiger partial charge in [0.05, 0.1) is 19.0 Å². The van der Waals surface area contributed by atoms with E-state index < -0.39 is 35.8 Å². The fraction of sp³-hybridized carbons (Fsp3) is 0.727. The minimum atomic E-state index is -1.02. The maximum absolute atomic E-state index is 12.4. The molecule has 5 amide bonds. The van der Waals surface area contributed by atoms with E-state index in [1.165, 1.54) is 13.8 Å². The molecular formula is C22H40N6O6. The largest absolute Gasteiger partial charge is 0.368 e. The van der Waals surface area contributed by atoms with Crippen LogP contribution in [0.4, 0.5) is 0 Å². The van der Waals surface area contributed by atoms with Crippen molar-refractivity contribution in [1.82, 2.24) is 26.6 Å². The molecule has 12 nitrogen and oxygen atoms in total. The zero-order chi connectivity index (χ0) is 26.1. The summed E-state index contributed by atoms with van der Waals surface area (Å²) in [5.74, 6) is -2.70. The highest BCUT2D eigenvalue weighted by Crippen LogP contribution is 2.03. The van der Waals surface area contributed by atoms with Crippen LogP contribution in [0.3, 0.4) is 0 Å². The average Bonchev–Trinajstić information content (AvgIpc) is 2.74. The van der Waals surface area contributed by atoms with Gasteiger partial charge in [-0.25, -0.2) is 0 Å². The Bertz CT molecular complexity index is 714. The van der Waals surface area contributed by atoms with Crippen LogP contribution in [-0.2, 0) is 28.8 Å². The van der Waals surface area contributed by atoms with Gasteiger partial charge in [-0.2, -0.15) is 0 Å². The lowest BCUT2D eigenvalue weighted by Gasteiger charge is -2.20. The molecule has 0 bridgehead atoms. The van der Waals surface area contributed by atoms with E-state index in [4.69, 9.17) is 5.73 Å². The molecule has 0 heterocycles. The molecule has 34 heavy (non-hydrogen) atoms. The van der Waals surface area contributed by atoms with Crippen molar-refractivity contribution >= 4 is 35.3 Å². The predicted octanol–water partition coefficient (Wildman–Crippen LogP) is -1.38. The highest BCUT2D eigenvalue weighted by molar-refractivity contribution is 5.95. The third-order valence-electron chi connectivity index (χ3n) is 4.79. The minimum Gasteiger partial charge on any atom is -0.368 e. The molecule has 0 aliphatic heterocycles.